The van der Waals surface area contributed by atoms with Gasteiger partial charge in [0, 0.05) is 6.42 Å². The van der Waals surface area contributed by atoms with E-state index >= 15 is 0 Å². The molecule has 0 aliphatic carbocycles. The third-order valence-corrected chi connectivity index (χ3v) is 3.28. The van der Waals surface area contributed by atoms with Crippen LogP contribution in [0.15, 0.2) is 0 Å². The first-order valence-electron chi connectivity index (χ1n) is 6.05. The van der Waals surface area contributed by atoms with Gasteiger partial charge in [0.05, 0.1) is 12.9 Å². The van der Waals surface area contributed by atoms with Crippen molar-refractivity contribution >= 4 is 16.4 Å². The van der Waals surface area contributed by atoms with Gasteiger partial charge in [0.2, 0.25) is 0 Å². The molecule has 0 aliphatic rings. The molecule has 102 valence electrons. The lowest BCUT2D eigenvalue weighted by atomic mass is 9.84. The fraction of sp³-hybridized carbons (Fsp3) is 0.917. The van der Waals surface area contributed by atoms with Crippen molar-refractivity contribution < 1.29 is 17.4 Å². The maximum atomic E-state index is 10.7. The van der Waals surface area contributed by atoms with Crippen LogP contribution < -0.4 is 0 Å². The van der Waals surface area contributed by atoms with Gasteiger partial charge in [-0.1, -0.05) is 33.1 Å². The molecule has 0 rings (SSSR count). The largest absolute Gasteiger partial charge is 0.303 e. The van der Waals surface area contributed by atoms with Crippen molar-refractivity contribution in [2.75, 3.05) is 12.9 Å². The van der Waals surface area contributed by atoms with Gasteiger partial charge in [0.25, 0.3) is 10.1 Å². The summed E-state index contributed by atoms with van der Waals surface area (Å²) in [6.07, 6.45) is 7.51. The second kappa shape index (κ2) is 7.82. The Labute approximate surface area is 105 Å². The molecule has 0 amide bonds. The number of hydrogen-bond acceptors (Lipinski definition) is 4. The highest BCUT2D eigenvalue weighted by atomic mass is 32.2. The summed E-state index contributed by atoms with van der Waals surface area (Å²) >= 11 is 0. The van der Waals surface area contributed by atoms with Crippen LogP contribution in [-0.2, 0) is 19.1 Å². The zero-order valence-electron chi connectivity index (χ0n) is 11.1. The van der Waals surface area contributed by atoms with E-state index in [9.17, 15) is 13.2 Å². The summed E-state index contributed by atoms with van der Waals surface area (Å²) in [5, 5.41) is 0. The average Bonchev–Trinajstić information content (AvgIpc) is 2.14. The van der Waals surface area contributed by atoms with Crippen molar-refractivity contribution in [2.45, 2.75) is 52.4 Å². The molecular weight excluding hydrogens is 240 g/mol. The van der Waals surface area contributed by atoms with Gasteiger partial charge in [-0.3, -0.25) is 4.18 Å². The molecule has 0 aliphatic heterocycles. The van der Waals surface area contributed by atoms with E-state index in [2.05, 4.69) is 18.0 Å². The molecule has 0 spiro atoms. The SMILES string of the molecule is CC(C)(CC=O)CCCCCCOS(C)(=O)=O. The zero-order chi connectivity index (χ0) is 13.4. The van der Waals surface area contributed by atoms with E-state index in [4.69, 9.17) is 0 Å². The van der Waals surface area contributed by atoms with Gasteiger partial charge >= 0.3 is 0 Å². The molecule has 0 aromatic carbocycles. The molecule has 0 fully saturated rings. The third kappa shape index (κ3) is 11.8. The lowest BCUT2D eigenvalue weighted by molar-refractivity contribution is -0.109. The molecule has 0 saturated carbocycles. The van der Waals surface area contributed by atoms with Crippen molar-refractivity contribution in [3.05, 3.63) is 0 Å². The average molecular weight is 264 g/mol. The Balaban J connectivity index is 3.44. The van der Waals surface area contributed by atoms with E-state index in [-0.39, 0.29) is 12.0 Å². The zero-order valence-corrected chi connectivity index (χ0v) is 11.9. The van der Waals surface area contributed by atoms with Crippen LogP contribution in [0.1, 0.15) is 52.4 Å². The van der Waals surface area contributed by atoms with Crippen LogP contribution in [0.25, 0.3) is 0 Å². The minimum atomic E-state index is -3.29. The lowest BCUT2D eigenvalue weighted by Crippen LogP contribution is -2.11. The van der Waals surface area contributed by atoms with Crippen molar-refractivity contribution in [2.24, 2.45) is 5.41 Å². The highest BCUT2D eigenvalue weighted by molar-refractivity contribution is 7.85. The molecule has 5 heteroatoms. The number of unbranched alkanes of at least 4 members (excludes halogenated alkanes) is 3. The predicted octanol–water partition coefficient (Wildman–Crippen LogP) is 2.53. The summed E-state index contributed by atoms with van der Waals surface area (Å²) < 4.78 is 26.0. The topological polar surface area (TPSA) is 60.4 Å². The smallest absolute Gasteiger partial charge is 0.264 e. The molecule has 0 heterocycles. The van der Waals surface area contributed by atoms with E-state index in [1.54, 1.807) is 0 Å². The summed E-state index contributed by atoms with van der Waals surface area (Å²) in [4.78, 5) is 10.4. The van der Waals surface area contributed by atoms with Gasteiger partial charge < -0.3 is 4.79 Å². The second-order valence-electron chi connectivity index (χ2n) is 5.23. The quantitative estimate of drug-likeness (QED) is 0.345. The third-order valence-electron chi connectivity index (χ3n) is 2.68. The number of aldehydes is 1. The molecule has 0 aromatic rings. The van der Waals surface area contributed by atoms with Gasteiger partial charge in [-0.25, -0.2) is 0 Å². The molecular formula is C12H24O4S. The first-order valence-corrected chi connectivity index (χ1v) is 7.86. The van der Waals surface area contributed by atoms with E-state index in [0.717, 1.165) is 44.6 Å². The summed E-state index contributed by atoms with van der Waals surface area (Å²) in [6, 6.07) is 0. The lowest BCUT2D eigenvalue weighted by Gasteiger charge is -2.21. The fourth-order valence-electron chi connectivity index (χ4n) is 1.60. The minimum absolute atomic E-state index is 0.0883. The summed E-state index contributed by atoms with van der Waals surface area (Å²) in [5.41, 5.74) is 0.0883. The first-order chi connectivity index (χ1) is 7.77. The molecule has 0 radical (unpaired) electrons. The predicted molar refractivity (Wildman–Crippen MR) is 68.3 cm³/mol. The van der Waals surface area contributed by atoms with E-state index < -0.39 is 10.1 Å². The molecule has 0 unspecified atom stereocenters. The number of hydrogen-bond donors (Lipinski definition) is 0. The molecule has 0 N–H and O–H groups in total. The maximum Gasteiger partial charge on any atom is 0.264 e. The van der Waals surface area contributed by atoms with E-state index in [1.165, 1.54) is 0 Å². The van der Waals surface area contributed by atoms with Crippen LogP contribution in [0.5, 0.6) is 0 Å². The first kappa shape index (κ1) is 16.6. The second-order valence-corrected chi connectivity index (χ2v) is 6.87. The van der Waals surface area contributed by atoms with Gasteiger partial charge in [0.15, 0.2) is 0 Å². The molecule has 0 saturated heterocycles. The summed E-state index contributed by atoms with van der Waals surface area (Å²) in [6.45, 7) is 4.46. The number of rotatable bonds is 10. The Morgan fingerprint density at radius 1 is 1.12 bits per heavy atom. The molecule has 0 aromatic heterocycles. The van der Waals surface area contributed by atoms with Crippen molar-refractivity contribution in [1.29, 1.82) is 0 Å². The van der Waals surface area contributed by atoms with Crippen LogP contribution in [0.3, 0.4) is 0 Å². The normalized spacial score (nSPS) is 12.6. The standard InChI is InChI=1S/C12H24O4S/c1-12(2,9-10-13)8-6-4-5-7-11-16-17(3,14)15/h10H,4-9,11H2,1-3H3. The molecule has 17 heavy (non-hydrogen) atoms. The Hall–Kier alpha value is -0.420. The molecule has 0 bridgehead atoms. The van der Waals surface area contributed by atoms with Gasteiger partial charge in [-0.2, -0.15) is 8.42 Å². The summed E-state index contributed by atoms with van der Waals surface area (Å²) in [7, 11) is -3.29. The number of carbonyl (C=O) groups excluding carboxylic acids is 1. The van der Waals surface area contributed by atoms with Crippen molar-refractivity contribution in [3.8, 4) is 0 Å². The fourth-order valence-corrected chi connectivity index (χ4v) is 2.02. The highest BCUT2D eigenvalue weighted by Crippen LogP contribution is 2.26. The van der Waals surface area contributed by atoms with Gasteiger partial charge in [-0.05, 0) is 18.3 Å². The minimum Gasteiger partial charge on any atom is -0.303 e. The van der Waals surface area contributed by atoms with Crippen molar-refractivity contribution in [1.82, 2.24) is 0 Å². The summed E-state index contributed by atoms with van der Waals surface area (Å²) in [5.74, 6) is 0. The Kier molecular flexibility index (Phi) is 7.63. The van der Waals surface area contributed by atoms with Crippen LogP contribution in [0.4, 0.5) is 0 Å². The number of carbonyl (C=O) groups is 1. The highest BCUT2D eigenvalue weighted by Gasteiger charge is 2.16. The Bertz CT molecular complexity index is 306. The molecule has 0 atom stereocenters. The van der Waals surface area contributed by atoms with E-state index in [0.29, 0.717) is 6.42 Å². The van der Waals surface area contributed by atoms with Gasteiger partial charge in [0.1, 0.15) is 6.29 Å². The van der Waals surface area contributed by atoms with Crippen LogP contribution in [-0.4, -0.2) is 27.6 Å². The molecule has 4 nitrogen and oxygen atoms in total. The maximum absolute atomic E-state index is 10.7. The van der Waals surface area contributed by atoms with Crippen LogP contribution in [0.2, 0.25) is 0 Å². The van der Waals surface area contributed by atoms with Crippen molar-refractivity contribution in [3.63, 3.8) is 0 Å². The Morgan fingerprint density at radius 3 is 2.24 bits per heavy atom. The van der Waals surface area contributed by atoms with Crippen LogP contribution >= 0.6 is 0 Å². The Morgan fingerprint density at radius 2 is 1.71 bits per heavy atom. The van der Waals surface area contributed by atoms with E-state index in [1.807, 2.05) is 0 Å². The monoisotopic (exact) mass is 264 g/mol. The van der Waals surface area contributed by atoms with Gasteiger partial charge in [-0.15, -0.1) is 0 Å². The van der Waals surface area contributed by atoms with Crippen LogP contribution in [0, 0.1) is 5.41 Å².